The van der Waals surface area contributed by atoms with E-state index >= 15 is 0 Å². The first-order valence-corrected chi connectivity index (χ1v) is 10.3. The lowest BCUT2D eigenvalue weighted by molar-refractivity contribution is -0.241. The summed E-state index contributed by atoms with van der Waals surface area (Å²) in [6.45, 7) is 5.31. The van der Waals surface area contributed by atoms with E-state index in [1.54, 1.807) is 0 Å². The Balaban J connectivity index is 1.89. The van der Waals surface area contributed by atoms with E-state index in [0.29, 0.717) is 6.42 Å². The van der Waals surface area contributed by atoms with Gasteiger partial charge in [-0.25, -0.2) is 4.79 Å². The minimum absolute atomic E-state index is 0.103. The van der Waals surface area contributed by atoms with Gasteiger partial charge in [-0.3, -0.25) is 9.59 Å². The van der Waals surface area contributed by atoms with Gasteiger partial charge in [0.25, 0.3) is 0 Å². The Bertz CT molecular complexity index is 644. The number of hydrogen-bond acceptors (Lipinski definition) is 5. The molecule has 1 N–H and O–H groups in total. The summed E-state index contributed by atoms with van der Waals surface area (Å²) in [7, 11) is 0. The lowest BCUT2D eigenvalue weighted by Crippen LogP contribution is -2.80. The maximum atomic E-state index is 12.8. The summed E-state index contributed by atoms with van der Waals surface area (Å²) in [5.41, 5.74) is -2.25. The van der Waals surface area contributed by atoms with Crippen LogP contribution >= 0.6 is 0 Å². The molecule has 0 bridgehead atoms. The first-order valence-electron chi connectivity index (χ1n) is 10.3. The maximum Gasteiger partial charge on any atom is 0.340 e. The molecule has 6 heteroatoms. The second kappa shape index (κ2) is 7.64. The van der Waals surface area contributed by atoms with E-state index in [1.165, 1.54) is 6.92 Å². The third kappa shape index (κ3) is 3.17. The zero-order valence-electron chi connectivity index (χ0n) is 16.6. The molecule has 0 radical (unpaired) electrons. The lowest BCUT2D eigenvalue weighted by Gasteiger charge is -2.55. The molecule has 2 unspecified atom stereocenters. The van der Waals surface area contributed by atoms with Crippen LogP contribution < -0.4 is 5.32 Å². The molecule has 0 spiro atoms. The number of allylic oxidation sites excluding steroid dienone is 1. The molecule has 0 aromatic carbocycles. The van der Waals surface area contributed by atoms with Crippen LogP contribution in [0.15, 0.2) is 12.2 Å². The van der Waals surface area contributed by atoms with Crippen molar-refractivity contribution in [1.29, 1.82) is 0 Å². The fourth-order valence-corrected chi connectivity index (χ4v) is 4.98. The van der Waals surface area contributed by atoms with Crippen LogP contribution in [0.1, 0.15) is 72.1 Å². The number of carbonyl (C=O) groups excluding carboxylic acids is 3. The van der Waals surface area contributed by atoms with Gasteiger partial charge in [0.2, 0.25) is 11.4 Å². The van der Waals surface area contributed by atoms with Gasteiger partial charge < -0.3 is 14.8 Å². The van der Waals surface area contributed by atoms with Crippen molar-refractivity contribution in [3.63, 3.8) is 0 Å². The van der Waals surface area contributed by atoms with Crippen molar-refractivity contribution >= 4 is 17.8 Å². The molecule has 3 aliphatic rings. The zero-order chi connectivity index (χ0) is 19.7. The van der Waals surface area contributed by atoms with E-state index in [4.69, 9.17) is 9.47 Å². The van der Waals surface area contributed by atoms with Gasteiger partial charge in [0, 0.05) is 12.8 Å². The highest BCUT2D eigenvalue weighted by Gasteiger charge is 2.80. The quantitative estimate of drug-likeness (QED) is 0.399. The first kappa shape index (κ1) is 19.9. The molecule has 0 aromatic heterocycles. The van der Waals surface area contributed by atoms with Crippen LogP contribution in [0.5, 0.6) is 0 Å². The molecule has 27 heavy (non-hydrogen) atoms. The van der Waals surface area contributed by atoms with E-state index in [2.05, 4.69) is 18.3 Å². The molecule has 1 amide bonds. The van der Waals surface area contributed by atoms with Crippen molar-refractivity contribution in [2.24, 2.45) is 11.8 Å². The number of amides is 1. The average molecular weight is 377 g/mol. The number of ether oxygens (including phenoxy) is 2. The molecular formula is C21H31NO5. The topological polar surface area (TPSA) is 81.7 Å². The van der Waals surface area contributed by atoms with Crippen molar-refractivity contribution in [3.8, 4) is 0 Å². The van der Waals surface area contributed by atoms with E-state index < -0.39 is 35.1 Å². The van der Waals surface area contributed by atoms with Crippen LogP contribution in [0.25, 0.3) is 0 Å². The molecule has 2 heterocycles. The first-order chi connectivity index (χ1) is 12.9. The van der Waals surface area contributed by atoms with Crippen LogP contribution in [-0.4, -0.2) is 35.1 Å². The predicted molar refractivity (Wildman–Crippen MR) is 99.7 cm³/mol. The predicted octanol–water partition coefficient (Wildman–Crippen LogP) is 3.05. The third-order valence-electron chi connectivity index (χ3n) is 6.46. The standard InChI is InChI=1S/C21H31NO5/c1-4-5-6-10-13-16-18(24)22-21(19(25)27-20(16,21)3)17(26-14(2)23)15-11-8-7-9-12-15/h8,11,15-17H,4-7,9-10,12-13H2,1-3H3,(H,22,24)/t15?,16-,17?,20-,21-/m0/s1. The summed E-state index contributed by atoms with van der Waals surface area (Å²) in [4.78, 5) is 37.4. The summed E-state index contributed by atoms with van der Waals surface area (Å²) in [6.07, 6.45) is 11.0. The van der Waals surface area contributed by atoms with Gasteiger partial charge >= 0.3 is 11.9 Å². The maximum absolute atomic E-state index is 12.8. The fourth-order valence-electron chi connectivity index (χ4n) is 4.98. The number of fused-ring (bicyclic) bond motifs is 1. The molecule has 2 fully saturated rings. The number of rotatable bonds is 8. The fraction of sp³-hybridized carbons (Fsp3) is 0.762. The van der Waals surface area contributed by atoms with Crippen LogP contribution in [0, 0.1) is 11.8 Å². The molecule has 3 rings (SSSR count). The van der Waals surface area contributed by atoms with E-state index in [-0.39, 0.29) is 11.8 Å². The number of nitrogens with one attached hydrogen (secondary N) is 1. The highest BCUT2D eigenvalue weighted by atomic mass is 16.6. The van der Waals surface area contributed by atoms with Crippen molar-refractivity contribution < 1.29 is 23.9 Å². The molecule has 1 aliphatic carbocycles. The molecule has 5 atom stereocenters. The van der Waals surface area contributed by atoms with Crippen molar-refractivity contribution in [3.05, 3.63) is 12.2 Å². The van der Waals surface area contributed by atoms with E-state index in [9.17, 15) is 14.4 Å². The van der Waals surface area contributed by atoms with Crippen LogP contribution in [0.3, 0.4) is 0 Å². The molecular weight excluding hydrogens is 346 g/mol. The smallest absolute Gasteiger partial charge is 0.340 e. The van der Waals surface area contributed by atoms with E-state index in [1.807, 2.05) is 13.0 Å². The second-order valence-corrected chi connectivity index (χ2v) is 8.25. The Morgan fingerprint density at radius 2 is 2.15 bits per heavy atom. The Hall–Kier alpha value is -1.85. The van der Waals surface area contributed by atoms with Gasteiger partial charge in [0.1, 0.15) is 6.10 Å². The van der Waals surface area contributed by atoms with Crippen molar-refractivity contribution in [2.45, 2.75) is 89.4 Å². The molecule has 2 aliphatic heterocycles. The minimum atomic E-state index is -1.28. The van der Waals surface area contributed by atoms with Gasteiger partial charge in [-0.05, 0) is 32.6 Å². The highest BCUT2D eigenvalue weighted by molar-refractivity contribution is 6.02. The van der Waals surface area contributed by atoms with Crippen LogP contribution in [-0.2, 0) is 23.9 Å². The SMILES string of the molecule is CCCCCC[C@H]1C(=O)N[C@@]2(C(OC(C)=O)C3C=CCCC3)C(=O)O[C@@]12C. The second-order valence-electron chi connectivity index (χ2n) is 8.25. The monoisotopic (exact) mass is 377 g/mol. The highest BCUT2D eigenvalue weighted by Crippen LogP contribution is 2.54. The minimum Gasteiger partial charge on any atom is -0.459 e. The van der Waals surface area contributed by atoms with Gasteiger partial charge in [-0.1, -0.05) is 44.8 Å². The average Bonchev–Trinajstić information content (AvgIpc) is 2.81. The van der Waals surface area contributed by atoms with Crippen LogP contribution in [0.4, 0.5) is 0 Å². The van der Waals surface area contributed by atoms with E-state index in [0.717, 1.165) is 44.9 Å². The third-order valence-corrected chi connectivity index (χ3v) is 6.46. The largest absolute Gasteiger partial charge is 0.459 e. The number of hydrogen-bond donors (Lipinski definition) is 1. The summed E-state index contributed by atoms with van der Waals surface area (Å²) < 4.78 is 11.3. The number of carbonyl (C=O) groups is 3. The summed E-state index contributed by atoms with van der Waals surface area (Å²) >= 11 is 0. The molecule has 0 aromatic rings. The van der Waals surface area contributed by atoms with Crippen LogP contribution in [0.2, 0.25) is 0 Å². The lowest BCUT2D eigenvalue weighted by atomic mass is 9.64. The normalized spacial score (nSPS) is 35.7. The molecule has 2 saturated heterocycles. The molecule has 6 nitrogen and oxygen atoms in total. The Morgan fingerprint density at radius 1 is 1.37 bits per heavy atom. The summed E-state index contributed by atoms with van der Waals surface area (Å²) in [5.74, 6) is -1.61. The Morgan fingerprint density at radius 3 is 2.74 bits per heavy atom. The molecule has 150 valence electrons. The zero-order valence-corrected chi connectivity index (χ0v) is 16.6. The van der Waals surface area contributed by atoms with Crippen molar-refractivity contribution in [1.82, 2.24) is 5.32 Å². The number of esters is 2. The van der Waals surface area contributed by atoms with Gasteiger partial charge in [0.05, 0.1) is 5.92 Å². The van der Waals surface area contributed by atoms with Crippen molar-refractivity contribution in [2.75, 3.05) is 0 Å². The van der Waals surface area contributed by atoms with Gasteiger partial charge in [-0.2, -0.15) is 0 Å². The van der Waals surface area contributed by atoms with Gasteiger partial charge in [-0.15, -0.1) is 0 Å². The van der Waals surface area contributed by atoms with Gasteiger partial charge in [0.15, 0.2) is 5.60 Å². The number of unbranched alkanes of at least 4 members (excludes halogenated alkanes) is 3. The summed E-state index contributed by atoms with van der Waals surface area (Å²) in [6, 6.07) is 0. The Labute approximate surface area is 161 Å². The molecule has 0 saturated carbocycles. The Kier molecular flexibility index (Phi) is 5.63. The summed E-state index contributed by atoms with van der Waals surface area (Å²) in [5, 5.41) is 2.93.